The Morgan fingerprint density at radius 1 is 1.00 bits per heavy atom. The molecule has 4 rings (SSSR count). The fraction of sp³-hybridized carbons (Fsp3) is 0.190. The van der Waals surface area contributed by atoms with E-state index in [-0.39, 0.29) is 0 Å². The molecule has 0 amide bonds. The molecule has 0 fully saturated rings. The number of methoxy groups -OCH3 is 1. The van der Waals surface area contributed by atoms with Crippen LogP contribution in [0.25, 0.3) is 10.9 Å². The molecule has 4 aromatic rings. The van der Waals surface area contributed by atoms with Crippen LogP contribution in [0.3, 0.4) is 0 Å². The van der Waals surface area contributed by atoms with Crippen molar-refractivity contribution in [3.8, 4) is 5.75 Å². The van der Waals surface area contributed by atoms with Gasteiger partial charge in [0, 0.05) is 35.8 Å². The molecule has 0 aliphatic carbocycles. The summed E-state index contributed by atoms with van der Waals surface area (Å²) in [7, 11) is 1.67. The van der Waals surface area contributed by atoms with E-state index in [1.165, 1.54) is 10.9 Å². The number of nitrogens with one attached hydrogen (secondary N) is 3. The molecule has 0 radical (unpaired) electrons. The summed E-state index contributed by atoms with van der Waals surface area (Å²) in [5.74, 6) is 2.01. The first-order chi connectivity index (χ1) is 13.8. The number of hydrogen-bond donors (Lipinski definition) is 3. The number of anilines is 2. The van der Waals surface area contributed by atoms with E-state index >= 15 is 0 Å². The largest absolute Gasteiger partial charge is 0.496 e. The molecule has 3 N–H and O–H groups in total. The van der Waals surface area contributed by atoms with Crippen LogP contribution < -0.4 is 15.4 Å². The Balaban J connectivity index is 1.35. The van der Waals surface area contributed by atoms with Crippen molar-refractivity contribution in [2.45, 2.75) is 13.0 Å². The fourth-order valence-corrected chi connectivity index (χ4v) is 3.15. The van der Waals surface area contributed by atoms with Gasteiger partial charge in [-0.2, -0.15) is 10.1 Å². The van der Waals surface area contributed by atoms with Crippen LogP contribution in [-0.4, -0.2) is 33.8 Å². The Bertz CT molecular complexity index is 1060. The minimum Gasteiger partial charge on any atom is -0.496 e. The Hall–Kier alpha value is -3.61. The number of ether oxygens (including phenoxy) is 1. The van der Waals surface area contributed by atoms with Gasteiger partial charge >= 0.3 is 0 Å². The third kappa shape index (κ3) is 4.03. The SMILES string of the molecule is COc1ccccc1CNc1cnnc(NCCc2c[nH]c3ccccc23)n1. The zero-order valence-corrected chi connectivity index (χ0v) is 15.6. The summed E-state index contributed by atoms with van der Waals surface area (Å²) >= 11 is 0. The highest BCUT2D eigenvalue weighted by molar-refractivity contribution is 5.83. The lowest BCUT2D eigenvalue weighted by atomic mass is 10.1. The number of fused-ring (bicyclic) bond motifs is 1. The zero-order chi connectivity index (χ0) is 19.2. The van der Waals surface area contributed by atoms with Gasteiger partial charge in [-0.3, -0.25) is 0 Å². The molecule has 2 aromatic heterocycles. The monoisotopic (exact) mass is 374 g/mol. The highest BCUT2D eigenvalue weighted by atomic mass is 16.5. The maximum Gasteiger partial charge on any atom is 0.244 e. The van der Waals surface area contributed by atoms with E-state index in [0.29, 0.717) is 18.3 Å². The number of hydrogen-bond acceptors (Lipinski definition) is 6. The van der Waals surface area contributed by atoms with Crippen LogP contribution in [0.2, 0.25) is 0 Å². The van der Waals surface area contributed by atoms with E-state index in [1.54, 1.807) is 13.3 Å². The van der Waals surface area contributed by atoms with E-state index in [9.17, 15) is 0 Å². The second-order valence-electron chi connectivity index (χ2n) is 6.37. The first-order valence-corrected chi connectivity index (χ1v) is 9.18. The van der Waals surface area contributed by atoms with Gasteiger partial charge in [0.25, 0.3) is 0 Å². The maximum atomic E-state index is 5.37. The number of aromatic nitrogens is 4. The summed E-state index contributed by atoms with van der Waals surface area (Å²) in [5, 5.41) is 15.9. The van der Waals surface area contributed by atoms with Crippen molar-refractivity contribution in [2.24, 2.45) is 0 Å². The molecule has 0 atom stereocenters. The molecule has 0 unspecified atom stereocenters. The summed E-state index contributed by atoms with van der Waals surface area (Å²) in [4.78, 5) is 7.78. The van der Waals surface area contributed by atoms with Crippen LogP contribution in [0.1, 0.15) is 11.1 Å². The van der Waals surface area contributed by atoms with E-state index in [4.69, 9.17) is 4.74 Å². The number of benzene rings is 2. The van der Waals surface area contributed by atoms with Crippen LogP contribution in [-0.2, 0) is 13.0 Å². The minimum atomic E-state index is 0.505. The molecular weight excluding hydrogens is 352 g/mol. The van der Waals surface area contributed by atoms with Crippen molar-refractivity contribution in [3.63, 3.8) is 0 Å². The molecular formula is C21H22N6O. The van der Waals surface area contributed by atoms with Crippen molar-refractivity contribution in [3.05, 3.63) is 72.1 Å². The van der Waals surface area contributed by atoms with E-state index in [1.807, 2.05) is 30.3 Å². The molecule has 0 saturated heterocycles. The predicted molar refractivity (Wildman–Crippen MR) is 111 cm³/mol. The van der Waals surface area contributed by atoms with Crippen molar-refractivity contribution in [1.29, 1.82) is 0 Å². The molecule has 0 bridgehead atoms. The highest BCUT2D eigenvalue weighted by Gasteiger charge is 2.05. The molecule has 0 aliphatic heterocycles. The standard InChI is InChI=1S/C21H22N6O/c1-28-19-9-5-2-6-16(19)13-24-20-14-25-27-21(26-20)22-11-10-15-12-23-18-8-4-3-7-17(15)18/h2-9,12,14,23H,10-11,13H2,1H3,(H2,22,24,26,27). The van der Waals surface area contributed by atoms with Crippen molar-refractivity contribution < 1.29 is 4.74 Å². The number of H-pyrrole nitrogens is 1. The molecule has 2 aromatic carbocycles. The van der Waals surface area contributed by atoms with Crippen molar-refractivity contribution >= 4 is 22.7 Å². The first kappa shape index (κ1) is 17.8. The molecule has 2 heterocycles. The Morgan fingerprint density at radius 2 is 1.86 bits per heavy atom. The minimum absolute atomic E-state index is 0.505. The molecule has 0 saturated carbocycles. The molecule has 0 spiro atoms. The lowest BCUT2D eigenvalue weighted by Gasteiger charge is -2.10. The molecule has 0 aliphatic rings. The topological polar surface area (TPSA) is 87.8 Å². The molecule has 7 heteroatoms. The zero-order valence-electron chi connectivity index (χ0n) is 15.6. The van der Waals surface area contributed by atoms with Crippen LogP contribution in [0, 0.1) is 0 Å². The van der Waals surface area contributed by atoms with Crippen molar-refractivity contribution in [2.75, 3.05) is 24.3 Å². The second-order valence-corrected chi connectivity index (χ2v) is 6.37. The van der Waals surface area contributed by atoms with Gasteiger partial charge in [-0.05, 0) is 24.1 Å². The van der Waals surface area contributed by atoms with E-state index in [0.717, 1.165) is 29.8 Å². The van der Waals surface area contributed by atoms with E-state index in [2.05, 4.69) is 55.2 Å². The normalized spacial score (nSPS) is 10.8. The summed E-state index contributed by atoms with van der Waals surface area (Å²) in [6.45, 7) is 1.32. The fourth-order valence-electron chi connectivity index (χ4n) is 3.15. The average Bonchev–Trinajstić information content (AvgIpc) is 3.16. The Morgan fingerprint density at radius 3 is 2.79 bits per heavy atom. The second kappa shape index (κ2) is 8.39. The average molecular weight is 374 g/mol. The van der Waals surface area contributed by atoms with Gasteiger partial charge in [0.05, 0.1) is 13.3 Å². The number of rotatable bonds is 8. The van der Waals surface area contributed by atoms with Gasteiger partial charge in [0.15, 0.2) is 5.82 Å². The summed E-state index contributed by atoms with van der Waals surface area (Å²) < 4.78 is 5.37. The van der Waals surface area contributed by atoms with Crippen LogP contribution in [0.15, 0.2) is 60.9 Å². The lowest BCUT2D eigenvalue weighted by Crippen LogP contribution is -2.10. The maximum absolute atomic E-state index is 5.37. The Kier molecular flexibility index (Phi) is 5.33. The van der Waals surface area contributed by atoms with Gasteiger partial charge in [-0.1, -0.05) is 36.4 Å². The highest BCUT2D eigenvalue weighted by Crippen LogP contribution is 2.19. The summed E-state index contributed by atoms with van der Waals surface area (Å²) in [5.41, 5.74) is 3.47. The van der Waals surface area contributed by atoms with Gasteiger partial charge in [0.2, 0.25) is 5.95 Å². The summed E-state index contributed by atoms with van der Waals surface area (Å²) in [6.07, 6.45) is 4.53. The van der Waals surface area contributed by atoms with Crippen LogP contribution >= 0.6 is 0 Å². The van der Waals surface area contributed by atoms with Crippen molar-refractivity contribution in [1.82, 2.24) is 20.2 Å². The third-order valence-corrected chi connectivity index (χ3v) is 4.56. The molecule has 142 valence electrons. The van der Waals surface area contributed by atoms with Gasteiger partial charge < -0.3 is 20.4 Å². The summed E-state index contributed by atoms with van der Waals surface area (Å²) in [6, 6.07) is 16.2. The molecule has 28 heavy (non-hydrogen) atoms. The lowest BCUT2D eigenvalue weighted by molar-refractivity contribution is 0.410. The quantitative estimate of drug-likeness (QED) is 0.437. The first-order valence-electron chi connectivity index (χ1n) is 9.18. The predicted octanol–water partition coefficient (Wildman–Crippen LogP) is 3.63. The Labute approximate surface area is 163 Å². The van der Waals surface area contributed by atoms with Gasteiger partial charge in [-0.25, -0.2) is 0 Å². The van der Waals surface area contributed by atoms with Gasteiger partial charge in [-0.15, -0.1) is 5.10 Å². The number of para-hydroxylation sites is 2. The van der Waals surface area contributed by atoms with Gasteiger partial charge in [0.1, 0.15) is 5.75 Å². The van der Waals surface area contributed by atoms with Crippen LogP contribution in [0.5, 0.6) is 5.75 Å². The third-order valence-electron chi connectivity index (χ3n) is 4.56. The van der Waals surface area contributed by atoms with Crippen LogP contribution in [0.4, 0.5) is 11.8 Å². The number of nitrogens with zero attached hydrogens (tertiary/aromatic N) is 3. The van der Waals surface area contributed by atoms with E-state index < -0.39 is 0 Å². The number of aromatic amines is 1. The smallest absolute Gasteiger partial charge is 0.244 e. The molecule has 7 nitrogen and oxygen atoms in total.